The van der Waals surface area contributed by atoms with E-state index in [9.17, 15) is 8.42 Å². The summed E-state index contributed by atoms with van der Waals surface area (Å²) < 4.78 is 29.3. The van der Waals surface area contributed by atoms with Crippen LogP contribution in [0, 0.1) is 13.8 Å². The second-order valence-corrected chi connectivity index (χ2v) is 8.15. The van der Waals surface area contributed by atoms with Gasteiger partial charge in [-0.2, -0.15) is 4.98 Å². The van der Waals surface area contributed by atoms with Gasteiger partial charge in [0.15, 0.2) is 0 Å². The molecule has 0 atom stereocenters. The van der Waals surface area contributed by atoms with E-state index in [1.54, 1.807) is 31.3 Å². The van der Waals surface area contributed by atoms with E-state index in [0.29, 0.717) is 22.9 Å². The molecule has 0 saturated carbocycles. The molecule has 29 heavy (non-hydrogen) atoms. The molecule has 0 aliphatic rings. The number of hydrogen-bond acceptors (Lipinski definition) is 6. The molecule has 9 heteroatoms. The number of H-pyrrole nitrogens is 1. The van der Waals surface area contributed by atoms with Crippen LogP contribution in [0.4, 0.5) is 11.6 Å². The number of anilines is 2. The fraction of sp³-hybridized carbons (Fsp3) is 0.100. The molecule has 0 aliphatic carbocycles. The van der Waals surface area contributed by atoms with E-state index >= 15 is 0 Å². The average molecular weight is 409 g/mol. The Labute approximate surface area is 167 Å². The second-order valence-electron chi connectivity index (χ2n) is 6.62. The summed E-state index contributed by atoms with van der Waals surface area (Å²) in [6.45, 7) is 3.66. The van der Waals surface area contributed by atoms with Crippen LogP contribution in [-0.2, 0) is 10.0 Å². The van der Waals surface area contributed by atoms with Crippen LogP contribution in [0.2, 0.25) is 0 Å². The summed E-state index contributed by atoms with van der Waals surface area (Å²) in [5, 5.41) is 9.32. The van der Waals surface area contributed by atoms with E-state index in [4.69, 9.17) is 9.88 Å². The number of fused-ring (bicyclic) bond motifs is 1. The minimum Gasteiger partial charge on any atom is -0.439 e. The molecule has 0 fully saturated rings. The van der Waals surface area contributed by atoms with Crippen molar-refractivity contribution in [2.45, 2.75) is 18.7 Å². The Balaban J connectivity index is 1.59. The van der Waals surface area contributed by atoms with Gasteiger partial charge in [-0.15, -0.1) is 0 Å². The quantitative estimate of drug-likeness (QED) is 0.461. The fourth-order valence-electron chi connectivity index (χ4n) is 3.08. The number of aromatic nitrogens is 3. The van der Waals surface area contributed by atoms with E-state index in [1.165, 1.54) is 6.07 Å². The highest BCUT2D eigenvalue weighted by molar-refractivity contribution is 7.89. The fourth-order valence-corrected chi connectivity index (χ4v) is 3.88. The zero-order valence-electron chi connectivity index (χ0n) is 15.8. The largest absolute Gasteiger partial charge is 0.439 e. The lowest BCUT2D eigenvalue weighted by molar-refractivity contribution is 0.463. The van der Waals surface area contributed by atoms with Crippen LogP contribution >= 0.6 is 0 Å². The van der Waals surface area contributed by atoms with Gasteiger partial charge >= 0.3 is 0 Å². The summed E-state index contributed by atoms with van der Waals surface area (Å²) in [6, 6.07) is 14.2. The van der Waals surface area contributed by atoms with Crippen LogP contribution in [0.25, 0.3) is 10.9 Å². The molecule has 0 saturated heterocycles. The monoisotopic (exact) mass is 409 g/mol. The number of primary sulfonamides is 1. The van der Waals surface area contributed by atoms with Crippen LogP contribution in [0.15, 0.2) is 59.6 Å². The number of hydrogen-bond donors (Lipinski definition) is 3. The molecule has 4 N–H and O–H groups in total. The molecule has 4 aromatic rings. The molecule has 0 unspecified atom stereocenters. The summed E-state index contributed by atoms with van der Waals surface area (Å²) in [5.41, 5.74) is 3.13. The third-order valence-corrected chi connectivity index (χ3v) is 5.47. The second kappa shape index (κ2) is 7.19. The third kappa shape index (κ3) is 4.05. The molecule has 148 valence electrons. The normalized spacial score (nSPS) is 11.6. The van der Waals surface area contributed by atoms with Crippen molar-refractivity contribution in [3.63, 3.8) is 0 Å². The number of nitrogens with two attached hydrogens (primary N) is 1. The van der Waals surface area contributed by atoms with Gasteiger partial charge in [-0.1, -0.05) is 6.07 Å². The van der Waals surface area contributed by atoms with E-state index in [0.717, 1.165) is 16.6 Å². The molecule has 0 radical (unpaired) electrons. The van der Waals surface area contributed by atoms with E-state index in [1.807, 2.05) is 31.2 Å². The van der Waals surface area contributed by atoms with Crippen LogP contribution in [0.5, 0.6) is 11.6 Å². The Morgan fingerprint density at radius 1 is 1.10 bits per heavy atom. The lowest BCUT2D eigenvalue weighted by atomic mass is 10.2. The van der Waals surface area contributed by atoms with E-state index in [2.05, 4.69) is 20.3 Å². The summed E-state index contributed by atoms with van der Waals surface area (Å²) in [7, 11) is -3.82. The lowest BCUT2D eigenvalue weighted by Crippen LogP contribution is -2.14. The Kier molecular flexibility index (Phi) is 4.69. The lowest BCUT2D eigenvalue weighted by Gasteiger charge is -2.12. The van der Waals surface area contributed by atoms with Crippen molar-refractivity contribution in [1.29, 1.82) is 0 Å². The van der Waals surface area contributed by atoms with Gasteiger partial charge in [-0.3, -0.25) is 0 Å². The van der Waals surface area contributed by atoms with Gasteiger partial charge < -0.3 is 15.0 Å². The van der Waals surface area contributed by atoms with Crippen molar-refractivity contribution in [2.75, 3.05) is 5.32 Å². The van der Waals surface area contributed by atoms with Crippen LogP contribution in [0.3, 0.4) is 0 Å². The van der Waals surface area contributed by atoms with Gasteiger partial charge in [0.2, 0.25) is 21.9 Å². The minimum atomic E-state index is -3.82. The first-order valence-corrected chi connectivity index (χ1v) is 10.3. The van der Waals surface area contributed by atoms with Crippen molar-refractivity contribution in [2.24, 2.45) is 5.14 Å². The van der Waals surface area contributed by atoms with Crippen LogP contribution in [-0.4, -0.2) is 23.4 Å². The van der Waals surface area contributed by atoms with Gasteiger partial charge in [0.05, 0.1) is 4.90 Å². The van der Waals surface area contributed by atoms with Crippen molar-refractivity contribution in [1.82, 2.24) is 15.0 Å². The Morgan fingerprint density at radius 2 is 1.93 bits per heavy atom. The maximum Gasteiger partial charge on any atom is 0.238 e. The zero-order valence-corrected chi connectivity index (χ0v) is 16.6. The summed E-state index contributed by atoms with van der Waals surface area (Å²) >= 11 is 0. The van der Waals surface area contributed by atoms with Crippen LogP contribution < -0.4 is 15.2 Å². The standard InChI is InChI=1S/C20H19N5O3S/c1-12-10-14-11-15(6-7-17(14)23-12)28-19-8-9-22-20(25-19)24-16-4-3-5-18(13(16)2)29(21,26)27/h3-11,23H,1-2H3,(H2,21,26,27)(H,22,24,25). The molecule has 0 bridgehead atoms. The van der Waals surface area contributed by atoms with Crippen molar-refractivity contribution < 1.29 is 13.2 Å². The highest BCUT2D eigenvalue weighted by Gasteiger charge is 2.14. The SMILES string of the molecule is Cc1cc2cc(Oc3ccnc(Nc4cccc(S(N)(=O)=O)c4C)n3)ccc2[nH]1. The Bertz CT molecular complexity index is 1310. The predicted molar refractivity (Wildman–Crippen MR) is 111 cm³/mol. The third-order valence-electron chi connectivity index (χ3n) is 4.42. The van der Waals surface area contributed by atoms with Gasteiger partial charge in [-0.25, -0.2) is 18.5 Å². The molecule has 0 amide bonds. The first kappa shape index (κ1) is 18.9. The van der Waals surface area contributed by atoms with Crippen molar-refractivity contribution in [3.8, 4) is 11.6 Å². The molecule has 2 heterocycles. The molecule has 0 aliphatic heterocycles. The molecular formula is C20H19N5O3S. The summed E-state index contributed by atoms with van der Waals surface area (Å²) in [4.78, 5) is 11.8. The molecule has 2 aromatic heterocycles. The summed E-state index contributed by atoms with van der Waals surface area (Å²) in [6.07, 6.45) is 1.56. The Hall–Kier alpha value is -3.43. The maximum atomic E-state index is 11.7. The number of aromatic amines is 1. The molecule has 2 aromatic carbocycles. The number of nitrogens with one attached hydrogen (secondary N) is 2. The van der Waals surface area contributed by atoms with Crippen molar-refractivity contribution in [3.05, 3.63) is 66.0 Å². The molecule has 0 spiro atoms. The summed E-state index contributed by atoms with van der Waals surface area (Å²) in [5.74, 6) is 1.28. The number of sulfonamides is 1. The highest BCUT2D eigenvalue weighted by atomic mass is 32.2. The Morgan fingerprint density at radius 3 is 2.72 bits per heavy atom. The molecular weight excluding hydrogens is 390 g/mol. The highest BCUT2D eigenvalue weighted by Crippen LogP contribution is 2.27. The molecule has 8 nitrogen and oxygen atoms in total. The zero-order chi connectivity index (χ0) is 20.6. The first-order chi connectivity index (χ1) is 13.8. The topological polar surface area (TPSA) is 123 Å². The predicted octanol–water partition coefficient (Wildman–Crippen LogP) is 3.76. The van der Waals surface area contributed by atoms with Crippen LogP contribution in [0.1, 0.15) is 11.3 Å². The maximum absolute atomic E-state index is 11.7. The smallest absolute Gasteiger partial charge is 0.238 e. The number of rotatable bonds is 5. The van der Waals surface area contributed by atoms with E-state index in [-0.39, 0.29) is 10.8 Å². The molecule has 4 rings (SSSR count). The van der Waals surface area contributed by atoms with Gasteiger partial charge in [0.25, 0.3) is 0 Å². The number of benzene rings is 2. The van der Waals surface area contributed by atoms with Gasteiger partial charge in [0, 0.05) is 34.5 Å². The van der Waals surface area contributed by atoms with Gasteiger partial charge in [-0.05, 0) is 55.8 Å². The average Bonchev–Trinajstić information content (AvgIpc) is 3.02. The van der Waals surface area contributed by atoms with Crippen molar-refractivity contribution >= 4 is 32.6 Å². The first-order valence-electron chi connectivity index (χ1n) is 8.79. The number of aryl methyl sites for hydroxylation is 1. The van der Waals surface area contributed by atoms with E-state index < -0.39 is 10.0 Å². The number of ether oxygens (including phenoxy) is 1. The van der Waals surface area contributed by atoms with Gasteiger partial charge in [0.1, 0.15) is 5.75 Å². The minimum absolute atomic E-state index is 0.0463. The number of nitrogens with zero attached hydrogens (tertiary/aromatic N) is 2.